The molecule has 1 atom stereocenters. The number of methoxy groups -OCH3 is 1. The fourth-order valence-electron chi connectivity index (χ4n) is 3.49. The van der Waals surface area contributed by atoms with E-state index in [1.807, 2.05) is 17.5 Å². The molecular weight excluding hydrogens is 422 g/mol. The number of nitrogens with zero attached hydrogens (tertiary/aromatic N) is 3. The monoisotopic (exact) mass is 443 g/mol. The summed E-state index contributed by atoms with van der Waals surface area (Å²) < 4.78 is 7.54. The number of thiophene rings is 1. The maximum absolute atomic E-state index is 13.0. The summed E-state index contributed by atoms with van der Waals surface area (Å²) in [6, 6.07) is 8.55. The number of aromatic amines is 1. The Hall–Kier alpha value is -2.98. The number of anilines is 2. The average Bonchev–Trinajstić information content (AvgIpc) is 3.48. The Kier molecular flexibility index (Phi) is 5.69. The predicted molar refractivity (Wildman–Crippen MR) is 119 cm³/mol. The molecule has 1 fully saturated rings. The summed E-state index contributed by atoms with van der Waals surface area (Å²) >= 11 is 6.87. The van der Waals surface area contributed by atoms with Gasteiger partial charge in [-0.25, -0.2) is 0 Å². The topological polar surface area (TPSA) is 92.2 Å². The molecule has 2 amide bonds. The van der Waals surface area contributed by atoms with Crippen LogP contribution in [0.5, 0.6) is 5.75 Å². The second kappa shape index (κ2) is 8.41. The maximum Gasteiger partial charge on any atom is 0.247 e. The van der Waals surface area contributed by atoms with Crippen LogP contribution in [0.3, 0.4) is 0 Å². The van der Waals surface area contributed by atoms with Crippen LogP contribution in [0.1, 0.15) is 25.8 Å². The second-order valence-corrected chi connectivity index (χ2v) is 8.23. The van der Waals surface area contributed by atoms with Gasteiger partial charge < -0.3 is 15.0 Å². The summed E-state index contributed by atoms with van der Waals surface area (Å²) in [5, 5.41) is 11.9. The van der Waals surface area contributed by atoms with E-state index in [1.165, 1.54) is 11.3 Å². The summed E-state index contributed by atoms with van der Waals surface area (Å²) in [4.78, 5) is 27.7. The minimum atomic E-state index is -0.584. The molecule has 1 unspecified atom stereocenters. The van der Waals surface area contributed by atoms with Crippen LogP contribution in [0, 0.1) is 4.77 Å². The zero-order chi connectivity index (χ0) is 21.3. The van der Waals surface area contributed by atoms with Crippen molar-refractivity contribution in [1.82, 2.24) is 14.8 Å². The molecule has 30 heavy (non-hydrogen) atoms. The molecule has 1 aromatic carbocycles. The molecule has 2 aromatic heterocycles. The predicted octanol–water partition coefficient (Wildman–Crippen LogP) is 4.00. The summed E-state index contributed by atoms with van der Waals surface area (Å²) in [5.41, 5.74) is 1.29. The molecular formula is C20H21N5O3S2. The highest BCUT2D eigenvalue weighted by Gasteiger charge is 2.25. The van der Waals surface area contributed by atoms with E-state index in [-0.39, 0.29) is 11.8 Å². The zero-order valence-electron chi connectivity index (χ0n) is 16.5. The van der Waals surface area contributed by atoms with Crippen molar-refractivity contribution in [3.63, 3.8) is 0 Å². The number of carbonyl (C=O) groups is 2. The van der Waals surface area contributed by atoms with Gasteiger partial charge in [-0.15, -0.1) is 11.3 Å². The summed E-state index contributed by atoms with van der Waals surface area (Å²) in [6.45, 7) is 2.44. The van der Waals surface area contributed by atoms with Gasteiger partial charge in [0.15, 0.2) is 10.6 Å². The van der Waals surface area contributed by atoms with Crippen molar-refractivity contribution in [2.45, 2.75) is 25.8 Å². The SMILES string of the molecule is COc1cc(NC(=O)C(C)n2c(-c3cccs3)n[nH]c2=S)ccc1N1CCCC1=O. The number of amides is 2. The van der Waals surface area contributed by atoms with Gasteiger partial charge in [-0.05, 0) is 49.1 Å². The molecule has 156 valence electrons. The van der Waals surface area contributed by atoms with E-state index < -0.39 is 6.04 Å². The van der Waals surface area contributed by atoms with Gasteiger partial charge in [-0.2, -0.15) is 5.10 Å². The number of H-pyrrole nitrogens is 1. The lowest BCUT2D eigenvalue weighted by Gasteiger charge is -2.20. The van der Waals surface area contributed by atoms with Gasteiger partial charge in [-0.1, -0.05) is 6.07 Å². The standard InChI is InChI=1S/C20H21N5O3S2/c1-12(25-18(22-23-20(25)29)16-5-4-10-30-16)19(27)21-13-7-8-14(15(11-13)28-2)24-9-3-6-17(24)26/h4-5,7-8,10-12H,3,6,9H2,1-2H3,(H,21,27)(H,23,29). The number of carbonyl (C=O) groups excluding carboxylic acids is 2. The van der Waals surface area contributed by atoms with E-state index >= 15 is 0 Å². The summed E-state index contributed by atoms with van der Waals surface area (Å²) in [7, 11) is 1.55. The molecule has 0 radical (unpaired) electrons. The number of nitrogens with one attached hydrogen (secondary N) is 2. The van der Waals surface area contributed by atoms with E-state index in [9.17, 15) is 9.59 Å². The number of rotatable bonds is 6. The number of aromatic nitrogens is 3. The third-order valence-corrected chi connectivity index (χ3v) is 6.18. The number of benzene rings is 1. The van der Waals surface area contributed by atoms with E-state index in [0.717, 1.165) is 11.3 Å². The van der Waals surface area contributed by atoms with E-state index in [4.69, 9.17) is 17.0 Å². The van der Waals surface area contributed by atoms with Gasteiger partial charge in [-0.3, -0.25) is 19.3 Å². The van der Waals surface area contributed by atoms with Crippen molar-refractivity contribution in [3.8, 4) is 16.5 Å². The molecule has 4 rings (SSSR count). The largest absolute Gasteiger partial charge is 0.494 e. The third-order valence-electron chi connectivity index (χ3n) is 5.02. The van der Waals surface area contributed by atoms with E-state index in [2.05, 4.69) is 15.5 Å². The lowest BCUT2D eigenvalue weighted by molar-refractivity contribution is -0.119. The van der Waals surface area contributed by atoms with Gasteiger partial charge in [0.25, 0.3) is 0 Å². The highest BCUT2D eigenvalue weighted by atomic mass is 32.1. The van der Waals surface area contributed by atoms with Gasteiger partial charge in [0, 0.05) is 24.7 Å². The van der Waals surface area contributed by atoms with E-state index in [1.54, 1.807) is 41.7 Å². The molecule has 0 aliphatic carbocycles. The molecule has 0 bridgehead atoms. The first-order valence-electron chi connectivity index (χ1n) is 9.49. The van der Waals surface area contributed by atoms with Crippen LogP contribution in [0.15, 0.2) is 35.7 Å². The van der Waals surface area contributed by atoms with Crippen molar-refractivity contribution >= 4 is 46.7 Å². The highest BCUT2D eigenvalue weighted by Crippen LogP contribution is 2.34. The third kappa shape index (κ3) is 3.75. The van der Waals surface area contributed by atoms with Crippen molar-refractivity contribution in [1.29, 1.82) is 0 Å². The minimum Gasteiger partial charge on any atom is -0.494 e. The molecule has 2 N–H and O–H groups in total. The van der Waals surface area contributed by atoms with Crippen molar-refractivity contribution in [3.05, 3.63) is 40.5 Å². The van der Waals surface area contributed by atoms with Gasteiger partial charge in [0.2, 0.25) is 11.8 Å². The Bertz CT molecular complexity index is 1140. The number of hydrogen-bond acceptors (Lipinski definition) is 6. The van der Waals surface area contributed by atoms with E-state index in [0.29, 0.717) is 40.7 Å². The minimum absolute atomic E-state index is 0.0779. The van der Waals surface area contributed by atoms with Crippen LogP contribution in [0.25, 0.3) is 10.7 Å². The smallest absolute Gasteiger partial charge is 0.247 e. The molecule has 8 nitrogen and oxygen atoms in total. The first-order valence-corrected chi connectivity index (χ1v) is 10.8. The molecule has 3 aromatic rings. The normalized spacial score (nSPS) is 14.7. The van der Waals surface area contributed by atoms with Crippen LogP contribution in [0.2, 0.25) is 0 Å². The number of ether oxygens (including phenoxy) is 1. The quantitative estimate of drug-likeness (QED) is 0.562. The highest BCUT2D eigenvalue weighted by molar-refractivity contribution is 7.71. The van der Waals surface area contributed by atoms with Crippen LogP contribution in [-0.2, 0) is 9.59 Å². The fourth-order valence-corrected chi connectivity index (χ4v) is 4.49. The lowest BCUT2D eigenvalue weighted by Crippen LogP contribution is -2.25. The lowest BCUT2D eigenvalue weighted by atomic mass is 10.2. The first-order chi connectivity index (χ1) is 14.5. The van der Waals surface area contributed by atoms with Crippen LogP contribution in [0.4, 0.5) is 11.4 Å². The average molecular weight is 444 g/mol. The molecule has 1 saturated heterocycles. The molecule has 1 aliphatic rings. The molecule has 1 aliphatic heterocycles. The molecule has 3 heterocycles. The first kappa shape index (κ1) is 20.3. The van der Waals surface area contributed by atoms with Crippen LogP contribution >= 0.6 is 23.6 Å². The summed E-state index contributed by atoms with van der Waals surface area (Å²) in [5.74, 6) is 1.000. The Balaban J connectivity index is 1.57. The van der Waals surface area contributed by atoms with Crippen molar-refractivity contribution in [2.24, 2.45) is 0 Å². The van der Waals surface area contributed by atoms with Crippen LogP contribution in [-0.4, -0.2) is 40.2 Å². The second-order valence-electron chi connectivity index (χ2n) is 6.90. The zero-order valence-corrected chi connectivity index (χ0v) is 18.2. The fraction of sp³-hybridized carbons (Fsp3) is 0.300. The van der Waals surface area contributed by atoms with Crippen molar-refractivity contribution in [2.75, 3.05) is 23.9 Å². The Labute approximate surface area is 182 Å². The molecule has 0 saturated carbocycles. The maximum atomic E-state index is 13.0. The van der Waals surface area contributed by atoms with Crippen LogP contribution < -0.4 is 15.0 Å². The summed E-state index contributed by atoms with van der Waals surface area (Å²) in [6.07, 6.45) is 1.37. The van der Waals surface area contributed by atoms with Gasteiger partial charge >= 0.3 is 0 Å². The Morgan fingerprint density at radius 3 is 2.90 bits per heavy atom. The van der Waals surface area contributed by atoms with Gasteiger partial charge in [0.05, 0.1) is 17.7 Å². The Morgan fingerprint density at radius 2 is 2.23 bits per heavy atom. The van der Waals surface area contributed by atoms with Gasteiger partial charge in [0.1, 0.15) is 11.8 Å². The Morgan fingerprint density at radius 1 is 1.40 bits per heavy atom. The molecule has 0 spiro atoms. The number of hydrogen-bond donors (Lipinski definition) is 2. The van der Waals surface area contributed by atoms with Crippen molar-refractivity contribution < 1.29 is 14.3 Å². The molecule has 10 heteroatoms.